The van der Waals surface area contributed by atoms with E-state index in [1.165, 1.54) is 0 Å². The Hall–Kier alpha value is -0.700. The summed E-state index contributed by atoms with van der Waals surface area (Å²) in [6.07, 6.45) is 0.672. The maximum Gasteiger partial charge on any atom is 0.141 e. The van der Waals surface area contributed by atoms with Crippen molar-refractivity contribution >= 4 is 23.2 Å². The quantitative estimate of drug-likeness (QED) is 0.828. The Kier molecular flexibility index (Phi) is 5.31. The Morgan fingerprint density at radius 1 is 1.47 bits per heavy atom. The number of hydrogen-bond donors (Lipinski definition) is 1. The number of halogens is 2. The third-order valence-electron chi connectivity index (χ3n) is 2.09. The molecule has 0 saturated heterocycles. The molecular weight excluding hydrogens is 257 g/mol. The molecular formula is C13H17Cl2NO. The molecule has 1 aromatic rings. The standard InChI is InChI=1S/C13H17Cl2NO/c1-8(2)7-17-13-10(4-9(3)16)5-11(14)6-12(13)15/h5-6,9H,1,4,7,16H2,2-3H3. The highest BCUT2D eigenvalue weighted by molar-refractivity contribution is 6.35. The summed E-state index contributed by atoms with van der Waals surface area (Å²) >= 11 is 12.1. The van der Waals surface area contributed by atoms with Gasteiger partial charge in [0.25, 0.3) is 0 Å². The van der Waals surface area contributed by atoms with Gasteiger partial charge in [0.15, 0.2) is 0 Å². The van der Waals surface area contributed by atoms with Crippen LogP contribution in [0.5, 0.6) is 5.75 Å². The molecule has 0 radical (unpaired) electrons. The van der Waals surface area contributed by atoms with Gasteiger partial charge < -0.3 is 10.5 Å². The first-order valence-corrected chi connectivity index (χ1v) is 6.16. The molecule has 0 bridgehead atoms. The molecule has 0 aliphatic carbocycles. The van der Waals surface area contributed by atoms with Gasteiger partial charge in [-0.05, 0) is 43.5 Å². The summed E-state index contributed by atoms with van der Waals surface area (Å²) in [5, 5.41) is 1.10. The van der Waals surface area contributed by atoms with E-state index >= 15 is 0 Å². The van der Waals surface area contributed by atoms with Gasteiger partial charge >= 0.3 is 0 Å². The van der Waals surface area contributed by atoms with Crippen LogP contribution in [0.15, 0.2) is 24.3 Å². The van der Waals surface area contributed by atoms with Crippen LogP contribution in [-0.2, 0) is 6.42 Å². The molecule has 0 fully saturated rings. The van der Waals surface area contributed by atoms with Crippen LogP contribution in [0.3, 0.4) is 0 Å². The zero-order valence-electron chi connectivity index (χ0n) is 10.1. The Bertz CT molecular complexity index is 416. The maximum atomic E-state index is 6.12. The predicted octanol–water partition coefficient (Wildman–Crippen LogP) is 3.84. The summed E-state index contributed by atoms with van der Waals surface area (Å²) in [7, 11) is 0. The highest BCUT2D eigenvalue weighted by Gasteiger charge is 2.12. The van der Waals surface area contributed by atoms with E-state index in [1.54, 1.807) is 6.07 Å². The normalized spacial score (nSPS) is 12.3. The highest BCUT2D eigenvalue weighted by atomic mass is 35.5. The molecule has 0 amide bonds. The molecule has 1 atom stereocenters. The van der Waals surface area contributed by atoms with Crippen LogP contribution < -0.4 is 10.5 Å². The van der Waals surface area contributed by atoms with Crippen molar-refractivity contribution in [1.29, 1.82) is 0 Å². The zero-order valence-corrected chi connectivity index (χ0v) is 11.6. The van der Waals surface area contributed by atoms with E-state index in [0.29, 0.717) is 28.8 Å². The fourth-order valence-corrected chi connectivity index (χ4v) is 2.06. The van der Waals surface area contributed by atoms with Crippen molar-refractivity contribution in [3.63, 3.8) is 0 Å². The first kappa shape index (κ1) is 14.4. The van der Waals surface area contributed by atoms with Crippen molar-refractivity contribution in [1.82, 2.24) is 0 Å². The summed E-state index contributed by atoms with van der Waals surface area (Å²) in [5.41, 5.74) is 7.65. The van der Waals surface area contributed by atoms with Crippen LogP contribution in [0.4, 0.5) is 0 Å². The number of nitrogens with two attached hydrogens (primary N) is 1. The zero-order chi connectivity index (χ0) is 13.0. The number of hydrogen-bond acceptors (Lipinski definition) is 2. The Morgan fingerprint density at radius 2 is 2.12 bits per heavy atom. The minimum atomic E-state index is 0.0247. The van der Waals surface area contributed by atoms with Gasteiger partial charge in [-0.2, -0.15) is 0 Å². The molecule has 0 aromatic heterocycles. The smallest absolute Gasteiger partial charge is 0.141 e. The van der Waals surface area contributed by atoms with Crippen molar-refractivity contribution in [2.45, 2.75) is 26.3 Å². The molecule has 0 aliphatic rings. The number of rotatable bonds is 5. The third kappa shape index (κ3) is 4.58. The lowest BCUT2D eigenvalue weighted by Crippen LogP contribution is -2.18. The Labute approximate surface area is 112 Å². The largest absolute Gasteiger partial charge is 0.487 e. The Morgan fingerprint density at radius 3 is 2.65 bits per heavy atom. The first-order chi connectivity index (χ1) is 7.90. The molecule has 4 heteroatoms. The first-order valence-electron chi connectivity index (χ1n) is 5.41. The SMILES string of the molecule is C=C(C)COc1c(Cl)cc(Cl)cc1CC(C)N. The van der Waals surface area contributed by atoms with E-state index in [4.69, 9.17) is 33.7 Å². The van der Waals surface area contributed by atoms with Crippen LogP contribution >= 0.6 is 23.2 Å². The topological polar surface area (TPSA) is 35.2 Å². The van der Waals surface area contributed by atoms with Gasteiger partial charge in [0, 0.05) is 11.1 Å². The van der Waals surface area contributed by atoms with Crippen molar-refractivity contribution in [2.75, 3.05) is 6.61 Å². The average Bonchev–Trinajstić information content (AvgIpc) is 2.14. The van der Waals surface area contributed by atoms with E-state index in [9.17, 15) is 0 Å². The second kappa shape index (κ2) is 6.29. The molecule has 1 aromatic carbocycles. The second-order valence-electron chi connectivity index (χ2n) is 4.30. The second-order valence-corrected chi connectivity index (χ2v) is 5.15. The molecule has 94 valence electrons. The van der Waals surface area contributed by atoms with Crippen LogP contribution in [0, 0.1) is 0 Å². The lowest BCUT2D eigenvalue weighted by atomic mass is 10.1. The van der Waals surface area contributed by atoms with Crippen molar-refractivity contribution in [3.8, 4) is 5.75 Å². The molecule has 1 rings (SSSR count). The summed E-state index contributed by atoms with van der Waals surface area (Å²) in [5.74, 6) is 0.649. The molecule has 2 N–H and O–H groups in total. The molecule has 17 heavy (non-hydrogen) atoms. The van der Waals surface area contributed by atoms with E-state index in [-0.39, 0.29) is 6.04 Å². The Balaban J connectivity index is 3.02. The van der Waals surface area contributed by atoms with Gasteiger partial charge in [-0.1, -0.05) is 29.8 Å². The summed E-state index contributed by atoms with van der Waals surface area (Å²) < 4.78 is 5.64. The van der Waals surface area contributed by atoms with Gasteiger partial charge in [-0.3, -0.25) is 0 Å². The van der Waals surface area contributed by atoms with Crippen LogP contribution in [0.1, 0.15) is 19.4 Å². The lowest BCUT2D eigenvalue weighted by molar-refractivity contribution is 0.348. The minimum Gasteiger partial charge on any atom is -0.487 e. The lowest BCUT2D eigenvalue weighted by Gasteiger charge is -2.15. The fourth-order valence-electron chi connectivity index (χ4n) is 1.47. The fraction of sp³-hybridized carbons (Fsp3) is 0.385. The van der Waals surface area contributed by atoms with E-state index in [2.05, 4.69) is 6.58 Å². The van der Waals surface area contributed by atoms with Crippen molar-refractivity contribution < 1.29 is 4.74 Å². The van der Waals surface area contributed by atoms with Gasteiger partial charge in [-0.15, -0.1) is 0 Å². The van der Waals surface area contributed by atoms with Crippen molar-refractivity contribution in [3.05, 3.63) is 39.9 Å². The van der Waals surface area contributed by atoms with E-state index in [1.807, 2.05) is 19.9 Å². The minimum absolute atomic E-state index is 0.0247. The van der Waals surface area contributed by atoms with Gasteiger partial charge in [0.05, 0.1) is 5.02 Å². The van der Waals surface area contributed by atoms with Crippen LogP contribution in [-0.4, -0.2) is 12.6 Å². The molecule has 0 spiro atoms. The summed E-state index contributed by atoms with van der Waals surface area (Å²) in [6.45, 7) is 8.05. The third-order valence-corrected chi connectivity index (χ3v) is 2.59. The molecule has 0 saturated carbocycles. The van der Waals surface area contributed by atoms with Crippen LogP contribution in [0.25, 0.3) is 0 Å². The van der Waals surface area contributed by atoms with Gasteiger partial charge in [0.2, 0.25) is 0 Å². The molecule has 1 unspecified atom stereocenters. The number of ether oxygens (including phenoxy) is 1. The highest BCUT2D eigenvalue weighted by Crippen LogP contribution is 2.33. The molecule has 2 nitrogen and oxygen atoms in total. The van der Waals surface area contributed by atoms with Crippen LogP contribution in [0.2, 0.25) is 10.0 Å². The van der Waals surface area contributed by atoms with E-state index in [0.717, 1.165) is 11.1 Å². The monoisotopic (exact) mass is 273 g/mol. The molecule has 0 heterocycles. The predicted molar refractivity (Wildman–Crippen MR) is 74.1 cm³/mol. The van der Waals surface area contributed by atoms with Gasteiger partial charge in [-0.25, -0.2) is 0 Å². The average molecular weight is 274 g/mol. The summed E-state index contributed by atoms with van der Waals surface area (Å²) in [6, 6.07) is 3.53. The molecule has 0 aliphatic heterocycles. The van der Waals surface area contributed by atoms with E-state index < -0.39 is 0 Å². The number of benzene rings is 1. The summed E-state index contributed by atoms with van der Waals surface area (Å²) in [4.78, 5) is 0. The maximum absolute atomic E-state index is 6.12. The van der Waals surface area contributed by atoms with Crippen molar-refractivity contribution in [2.24, 2.45) is 5.73 Å². The van der Waals surface area contributed by atoms with Gasteiger partial charge in [0.1, 0.15) is 12.4 Å².